The molecule has 1 heterocycles. The first-order valence-electron chi connectivity index (χ1n) is 4.21. The van der Waals surface area contributed by atoms with E-state index < -0.39 is 5.82 Å². The first-order chi connectivity index (χ1) is 7.20. The Labute approximate surface area is 95.1 Å². The number of aldehydes is 1. The fraction of sp³-hybridized carbons (Fsp3) is 0. The molecule has 1 nitrogen and oxygen atoms in total. The first kappa shape index (κ1) is 10.3. The Kier molecular flexibility index (Phi) is 2.84. The summed E-state index contributed by atoms with van der Waals surface area (Å²) in [7, 11) is 0. The maximum atomic E-state index is 12.9. The van der Waals surface area contributed by atoms with E-state index in [0.717, 1.165) is 16.7 Å². The minimum atomic E-state index is -0.437. The van der Waals surface area contributed by atoms with Gasteiger partial charge in [-0.25, -0.2) is 4.39 Å². The van der Waals surface area contributed by atoms with Crippen molar-refractivity contribution in [2.24, 2.45) is 0 Å². The predicted molar refractivity (Wildman–Crippen MR) is 60.1 cm³/mol. The lowest BCUT2D eigenvalue weighted by Crippen LogP contribution is -1.77. The van der Waals surface area contributed by atoms with Crippen LogP contribution in [0.25, 0.3) is 10.4 Å². The Hall–Kier alpha value is -1.19. The van der Waals surface area contributed by atoms with E-state index in [0.29, 0.717) is 4.88 Å². The first-order valence-corrected chi connectivity index (χ1v) is 5.40. The van der Waals surface area contributed by atoms with Gasteiger partial charge in [0.1, 0.15) is 5.82 Å². The summed E-state index contributed by atoms with van der Waals surface area (Å²) in [4.78, 5) is 12.0. The monoisotopic (exact) mass is 240 g/mol. The number of thiophene rings is 1. The molecule has 2 aromatic rings. The van der Waals surface area contributed by atoms with E-state index in [2.05, 4.69) is 0 Å². The molecular weight excluding hydrogens is 235 g/mol. The van der Waals surface area contributed by atoms with Crippen LogP contribution < -0.4 is 0 Å². The predicted octanol–water partition coefficient (Wildman–Crippen LogP) is 4.02. The number of hydrogen-bond donors (Lipinski definition) is 0. The highest BCUT2D eigenvalue weighted by Gasteiger charge is 2.05. The molecule has 0 aliphatic rings. The third-order valence-electron chi connectivity index (χ3n) is 1.95. The van der Waals surface area contributed by atoms with Crippen LogP contribution in [-0.4, -0.2) is 6.29 Å². The molecule has 0 amide bonds. The highest BCUT2D eigenvalue weighted by atomic mass is 35.5. The number of halogens is 2. The SMILES string of the molecule is O=Cc1ccc(-c2ccc(F)c(Cl)c2)s1. The fourth-order valence-corrected chi connectivity index (χ4v) is 2.22. The molecule has 0 fully saturated rings. The molecule has 0 atom stereocenters. The molecule has 0 aliphatic carbocycles. The number of benzene rings is 1. The Morgan fingerprint density at radius 3 is 2.67 bits per heavy atom. The zero-order chi connectivity index (χ0) is 10.8. The van der Waals surface area contributed by atoms with E-state index in [4.69, 9.17) is 11.6 Å². The Morgan fingerprint density at radius 2 is 2.07 bits per heavy atom. The van der Waals surface area contributed by atoms with Gasteiger partial charge in [0.15, 0.2) is 6.29 Å². The fourth-order valence-electron chi connectivity index (χ4n) is 1.22. The standard InChI is InChI=1S/C11H6ClFOS/c12-9-5-7(1-3-10(9)13)11-4-2-8(6-14)15-11/h1-6H. The second-order valence-electron chi connectivity index (χ2n) is 2.95. The van der Waals surface area contributed by atoms with Crippen LogP contribution in [0.5, 0.6) is 0 Å². The average Bonchev–Trinajstić information content (AvgIpc) is 2.70. The van der Waals surface area contributed by atoms with Gasteiger partial charge in [0.25, 0.3) is 0 Å². The third-order valence-corrected chi connectivity index (χ3v) is 3.30. The molecule has 0 unspecified atom stereocenters. The summed E-state index contributed by atoms with van der Waals surface area (Å²) in [6.07, 6.45) is 0.791. The lowest BCUT2D eigenvalue weighted by atomic mass is 10.2. The van der Waals surface area contributed by atoms with Gasteiger partial charge in [-0.2, -0.15) is 0 Å². The van der Waals surface area contributed by atoms with Gasteiger partial charge >= 0.3 is 0 Å². The molecule has 1 aromatic heterocycles. The highest BCUT2D eigenvalue weighted by molar-refractivity contribution is 7.17. The molecule has 76 valence electrons. The molecule has 2 rings (SSSR count). The van der Waals surface area contributed by atoms with Crippen LogP contribution >= 0.6 is 22.9 Å². The largest absolute Gasteiger partial charge is 0.297 e. The van der Waals surface area contributed by atoms with Gasteiger partial charge in [0.2, 0.25) is 0 Å². The van der Waals surface area contributed by atoms with Crippen molar-refractivity contribution in [1.82, 2.24) is 0 Å². The van der Waals surface area contributed by atoms with E-state index in [1.165, 1.54) is 17.4 Å². The summed E-state index contributed by atoms with van der Waals surface area (Å²) in [6, 6.07) is 8.05. The minimum absolute atomic E-state index is 0.0913. The molecule has 1 aromatic carbocycles. The molecule has 0 saturated carbocycles. The van der Waals surface area contributed by atoms with Crippen LogP contribution in [0, 0.1) is 5.82 Å². The Balaban J connectivity index is 2.44. The molecule has 0 radical (unpaired) electrons. The van der Waals surface area contributed by atoms with Gasteiger partial charge in [-0.3, -0.25) is 4.79 Å². The summed E-state index contributed by atoms with van der Waals surface area (Å²) in [5.74, 6) is -0.437. The molecule has 0 bridgehead atoms. The van der Waals surface area contributed by atoms with Crippen LogP contribution in [0.2, 0.25) is 5.02 Å². The Morgan fingerprint density at radius 1 is 1.27 bits per heavy atom. The summed E-state index contributed by atoms with van der Waals surface area (Å²) >= 11 is 7.02. The number of carbonyl (C=O) groups excluding carboxylic acids is 1. The van der Waals surface area contributed by atoms with Crippen molar-refractivity contribution in [3.63, 3.8) is 0 Å². The zero-order valence-corrected chi connectivity index (χ0v) is 9.11. The minimum Gasteiger partial charge on any atom is -0.297 e. The molecule has 15 heavy (non-hydrogen) atoms. The summed E-state index contributed by atoms with van der Waals surface area (Å²) in [6.45, 7) is 0. The lowest BCUT2D eigenvalue weighted by molar-refractivity contribution is 0.112. The van der Waals surface area contributed by atoms with E-state index in [-0.39, 0.29) is 5.02 Å². The van der Waals surface area contributed by atoms with E-state index in [1.54, 1.807) is 18.2 Å². The van der Waals surface area contributed by atoms with Crippen molar-refractivity contribution in [2.45, 2.75) is 0 Å². The molecule has 0 spiro atoms. The van der Waals surface area contributed by atoms with Crippen molar-refractivity contribution in [1.29, 1.82) is 0 Å². The highest BCUT2D eigenvalue weighted by Crippen LogP contribution is 2.30. The van der Waals surface area contributed by atoms with Crippen molar-refractivity contribution < 1.29 is 9.18 Å². The molecule has 0 N–H and O–H groups in total. The molecule has 0 aliphatic heterocycles. The molecule has 4 heteroatoms. The van der Waals surface area contributed by atoms with Gasteiger partial charge < -0.3 is 0 Å². The van der Waals surface area contributed by atoms with Gasteiger partial charge in [0, 0.05) is 4.88 Å². The summed E-state index contributed by atoms with van der Waals surface area (Å²) in [5, 5.41) is 0.0913. The van der Waals surface area contributed by atoms with E-state index >= 15 is 0 Å². The van der Waals surface area contributed by atoms with Crippen LogP contribution in [0.4, 0.5) is 4.39 Å². The molecule has 0 saturated heterocycles. The van der Waals surface area contributed by atoms with Crippen molar-refractivity contribution in [2.75, 3.05) is 0 Å². The Bertz CT molecular complexity index is 507. The second kappa shape index (κ2) is 4.13. The summed E-state index contributed by atoms with van der Waals surface area (Å²) in [5.41, 5.74) is 0.819. The van der Waals surface area contributed by atoms with E-state index in [1.807, 2.05) is 6.07 Å². The van der Waals surface area contributed by atoms with Crippen LogP contribution in [0.3, 0.4) is 0 Å². The normalized spacial score (nSPS) is 10.3. The van der Waals surface area contributed by atoms with Gasteiger partial charge in [-0.1, -0.05) is 17.7 Å². The van der Waals surface area contributed by atoms with Gasteiger partial charge in [0.05, 0.1) is 9.90 Å². The maximum absolute atomic E-state index is 12.9. The van der Waals surface area contributed by atoms with Crippen molar-refractivity contribution >= 4 is 29.2 Å². The van der Waals surface area contributed by atoms with Crippen LogP contribution in [0.15, 0.2) is 30.3 Å². The maximum Gasteiger partial charge on any atom is 0.160 e. The quantitative estimate of drug-likeness (QED) is 0.725. The van der Waals surface area contributed by atoms with Crippen LogP contribution in [0.1, 0.15) is 9.67 Å². The van der Waals surface area contributed by atoms with Gasteiger partial charge in [-0.15, -0.1) is 11.3 Å². The third kappa shape index (κ3) is 2.08. The van der Waals surface area contributed by atoms with Crippen molar-refractivity contribution in [3.05, 3.63) is 46.0 Å². The molecular formula is C11H6ClFOS. The number of hydrogen-bond acceptors (Lipinski definition) is 2. The number of rotatable bonds is 2. The van der Waals surface area contributed by atoms with Gasteiger partial charge in [-0.05, 0) is 29.8 Å². The van der Waals surface area contributed by atoms with Crippen molar-refractivity contribution in [3.8, 4) is 10.4 Å². The lowest BCUT2D eigenvalue weighted by Gasteiger charge is -1.98. The smallest absolute Gasteiger partial charge is 0.160 e. The average molecular weight is 241 g/mol. The van der Waals surface area contributed by atoms with E-state index in [9.17, 15) is 9.18 Å². The second-order valence-corrected chi connectivity index (χ2v) is 4.47. The zero-order valence-electron chi connectivity index (χ0n) is 7.54. The number of carbonyl (C=O) groups is 1. The summed E-state index contributed by atoms with van der Waals surface area (Å²) < 4.78 is 12.9. The topological polar surface area (TPSA) is 17.1 Å². The van der Waals surface area contributed by atoms with Crippen LogP contribution in [-0.2, 0) is 0 Å².